The van der Waals surface area contributed by atoms with Gasteiger partial charge in [-0.1, -0.05) is 29.7 Å². The quantitative estimate of drug-likeness (QED) is 0.543. The van der Waals surface area contributed by atoms with Crippen LogP contribution in [-0.4, -0.2) is 6.98 Å². The normalized spacial score (nSPS) is 11.6. The van der Waals surface area contributed by atoms with Gasteiger partial charge in [-0.25, -0.2) is 0 Å². The van der Waals surface area contributed by atoms with Crippen molar-refractivity contribution < 1.29 is 12.9 Å². The van der Waals surface area contributed by atoms with Gasteiger partial charge in [-0.3, -0.25) is 0 Å². The molecule has 0 bridgehead atoms. The number of benzene rings is 1. The Labute approximate surface area is 76.0 Å². The minimum atomic E-state index is -4.84. The average molecular weight is 271 g/mol. The summed E-state index contributed by atoms with van der Waals surface area (Å²) in [5, 5.41) is 0. The van der Waals surface area contributed by atoms with Gasteiger partial charge in [0.1, 0.15) is 0 Å². The van der Waals surface area contributed by atoms with Gasteiger partial charge in [0.2, 0.25) is 0 Å². The second-order valence-electron chi connectivity index (χ2n) is 2.10. The van der Waals surface area contributed by atoms with E-state index in [-0.39, 0.29) is 3.57 Å². The zero-order valence-electron chi connectivity index (χ0n) is 5.40. The Morgan fingerprint density at radius 3 is 2.00 bits per heavy atom. The summed E-state index contributed by atoms with van der Waals surface area (Å²) in [6, 6.07) is 5.53. The molecule has 0 aliphatic rings. The molecule has 5 heteroatoms. The Bertz CT molecular complexity index is 258. The fourth-order valence-electron chi connectivity index (χ4n) is 0.741. The summed E-state index contributed by atoms with van der Waals surface area (Å²) in [4.78, 5) is 0. The summed E-state index contributed by atoms with van der Waals surface area (Å²) < 4.78 is 36.6. The van der Waals surface area contributed by atoms with Crippen LogP contribution in [0.2, 0.25) is 0 Å². The molecular weight excluding hydrogens is 267 g/mol. The van der Waals surface area contributed by atoms with E-state index in [0.29, 0.717) is 0 Å². The minimum Gasteiger partial charge on any atom is -0.445 e. The van der Waals surface area contributed by atoms with Crippen LogP contribution in [0.1, 0.15) is 0 Å². The Morgan fingerprint density at radius 2 is 1.64 bits per heavy atom. The van der Waals surface area contributed by atoms with Crippen molar-refractivity contribution in [3.8, 4) is 0 Å². The average Bonchev–Trinajstić information content (AvgIpc) is 1.86. The highest BCUT2D eigenvalue weighted by atomic mass is 127. The van der Waals surface area contributed by atoms with E-state index in [9.17, 15) is 12.9 Å². The van der Waals surface area contributed by atoms with Crippen molar-refractivity contribution in [1.82, 2.24) is 0 Å². The van der Waals surface area contributed by atoms with Crippen LogP contribution in [0, 0.1) is 3.57 Å². The first-order valence-corrected chi connectivity index (χ1v) is 4.04. The molecule has 1 aromatic carbocycles. The molecule has 1 aromatic rings. The van der Waals surface area contributed by atoms with E-state index < -0.39 is 12.4 Å². The summed E-state index contributed by atoms with van der Waals surface area (Å²) in [5.41, 5.74) is -0.506. The van der Waals surface area contributed by atoms with Crippen molar-refractivity contribution in [1.29, 1.82) is 0 Å². The van der Waals surface area contributed by atoms with Crippen LogP contribution in [0.5, 0.6) is 0 Å². The van der Waals surface area contributed by atoms with E-state index >= 15 is 0 Å². The molecule has 0 aliphatic heterocycles. The zero-order valence-corrected chi connectivity index (χ0v) is 7.56. The molecule has 0 N–H and O–H groups in total. The lowest BCUT2D eigenvalue weighted by atomic mass is 9.80. The highest BCUT2D eigenvalue weighted by molar-refractivity contribution is 14.1. The highest BCUT2D eigenvalue weighted by Crippen LogP contribution is 2.12. The molecule has 0 aliphatic carbocycles. The van der Waals surface area contributed by atoms with Gasteiger partial charge in [0.05, 0.1) is 0 Å². The van der Waals surface area contributed by atoms with Crippen molar-refractivity contribution in [2.45, 2.75) is 0 Å². The molecule has 0 aromatic heterocycles. The molecule has 0 nitrogen and oxygen atoms in total. The SMILES string of the molecule is F[B-](F)(F)c1ccccc1I. The van der Waals surface area contributed by atoms with E-state index in [2.05, 4.69) is 0 Å². The molecule has 0 fully saturated rings. The van der Waals surface area contributed by atoms with Crippen LogP contribution in [0.3, 0.4) is 0 Å². The molecule has 0 spiro atoms. The van der Waals surface area contributed by atoms with Gasteiger partial charge in [0, 0.05) is 0 Å². The highest BCUT2D eigenvalue weighted by Gasteiger charge is 2.26. The maximum absolute atomic E-state index is 12.1. The fourth-order valence-corrected chi connectivity index (χ4v) is 1.48. The van der Waals surface area contributed by atoms with Gasteiger partial charge in [-0.15, -0.1) is 0 Å². The lowest BCUT2D eigenvalue weighted by Gasteiger charge is -2.15. The Morgan fingerprint density at radius 1 is 1.09 bits per heavy atom. The smallest absolute Gasteiger partial charge is 0.445 e. The number of halogens is 4. The molecule has 0 atom stereocenters. The molecule has 0 radical (unpaired) electrons. The predicted molar refractivity (Wildman–Crippen MR) is 47.9 cm³/mol. The van der Waals surface area contributed by atoms with Crippen molar-refractivity contribution in [3.05, 3.63) is 27.8 Å². The third kappa shape index (κ3) is 2.11. The molecule has 60 valence electrons. The van der Waals surface area contributed by atoms with Crippen LogP contribution in [0.15, 0.2) is 24.3 Å². The zero-order chi connectivity index (χ0) is 8.48. The largest absolute Gasteiger partial charge is 0.510 e. The monoisotopic (exact) mass is 271 g/mol. The lowest BCUT2D eigenvalue weighted by molar-refractivity contribution is 0.500. The second kappa shape index (κ2) is 3.04. The van der Waals surface area contributed by atoms with E-state index in [1.165, 1.54) is 12.1 Å². The van der Waals surface area contributed by atoms with Crippen LogP contribution in [0.4, 0.5) is 12.9 Å². The third-order valence-corrected chi connectivity index (χ3v) is 2.24. The van der Waals surface area contributed by atoms with E-state index in [1.807, 2.05) is 0 Å². The first-order valence-electron chi connectivity index (χ1n) is 2.96. The fraction of sp³-hybridized carbons (Fsp3) is 0. The lowest BCUT2D eigenvalue weighted by Crippen LogP contribution is -2.36. The van der Waals surface area contributed by atoms with E-state index in [0.717, 1.165) is 6.07 Å². The molecular formula is C6H4BF3I-. The van der Waals surface area contributed by atoms with Crippen LogP contribution in [0.25, 0.3) is 0 Å². The number of rotatable bonds is 1. The maximum Gasteiger partial charge on any atom is 0.510 e. The van der Waals surface area contributed by atoms with Crippen LogP contribution < -0.4 is 5.46 Å². The van der Waals surface area contributed by atoms with Crippen molar-refractivity contribution in [2.75, 3.05) is 0 Å². The summed E-state index contributed by atoms with van der Waals surface area (Å²) in [5.74, 6) is 0. The Hall–Kier alpha value is -0.195. The predicted octanol–water partition coefficient (Wildman–Crippen LogP) is 2.35. The van der Waals surface area contributed by atoms with Gasteiger partial charge in [0.25, 0.3) is 0 Å². The van der Waals surface area contributed by atoms with E-state index in [4.69, 9.17) is 0 Å². The maximum atomic E-state index is 12.1. The first-order chi connectivity index (χ1) is 5.02. The summed E-state index contributed by atoms with van der Waals surface area (Å²) in [6.45, 7) is -4.84. The van der Waals surface area contributed by atoms with Crippen molar-refractivity contribution in [2.24, 2.45) is 0 Å². The number of hydrogen-bond donors (Lipinski definition) is 0. The molecule has 1 rings (SSSR count). The summed E-state index contributed by atoms with van der Waals surface area (Å²) in [7, 11) is 0. The Kier molecular flexibility index (Phi) is 2.46. The first kappa shape index (κ1) is 8.90. The van der Waals surface area contributed by atoms with Crippen molar-refractivity contribution >= 4 is 35.0 Å². The molecule has 0 amide bonds. The summed E-state index contributed by atoms with van der Waals surface area (Å²) in [6.07, 6.45) is 0. The van der Waals surface area contributed by atoms with Crippen molar-refractivity contribution in [3.63, 3.8) is 0 Å². The topological polar surface area (TPSA) is 0 Å². The number of hydrogen-bond acceptors (Lipinski definition) is 0. The molecule has 11 heavy (non-hydrogen) atoms. The Balaban J connectivity index is 3.14. The molecule has 0 heterocycles. The van der Waals surface area contributed by atoms with Gasteiger partial charge in [-0.2, -0.15) is 0 Å². The minimum absolute atomic E-state index is 0.262. The third-order valence-electron chi connectivity index (χ3n) is 1.26. The van der Waals surface area contributed by atoms with Gasteiger partial charge >= 0.3 is 6.98 Å². The van der Waals surface area contributed by atoms with Gasteiger partial charge in [0.15, 0.2) is 0 Å². The van der Waals surface area contributed by atoms with E-state index in [1.54, 1.807) is 28.7 Å². The second-order valence-corrected chi connectivity index (χ2v) is 3.26. The van der Waals surface area contributed by atoms with Gasteiger partial charge < -0.3 is 12.9 Å². The molecule has 0 saturated heterocycles. The van der Waals surface area contributed by atoms with Crippen LogP contribution >= 0.6 is 22.6 Å². The molecule has 0 saturated carbocycles. The van der Waals surface area contributed by atoms with Crippen LogP contribution in [-0.2, 0) is 0 Å². The molecule has 0 unspecified atom stereocenters. The standard InChI is InChI=1S/C6H4BF3I/c8-7(9,10)5-3-1-2-4-6(5)11/h1-4H/q-1. The van der Waals surface area contributed by atoms with Gasteiger partial charge in [-0.05, 0) is 26.2 Å². The summed E-state index contributed by atoms with van der Waals surface area (Å²) >= 11 is 1.68.